The lowest BCUT2D eigenvalue weighted by molar-refractivity contribution is 0.121. The Bertz CT molecular complexity index is 501. The van der Waals surface area contributed by atoms with Crippen molar-refractivity contribution in [2.75, 3.05) is 13.7 Å². The van der Waals surface area contributed by atoms with Crippen molar-refractivity contribution in [2.45, 2.75) is 43.2 Å². The van der Waals surface area contributed by atoms with Crippen LogP contribution in [0.15, 0.2) is 18.2 Å². The molecule has 3 aliphatic rings. The van der Waals surface area contributed by atoms with Crippen molar-refractivity contribution in [3.63, 3.8) is 0 Å². The average molecular weight is 245 g/mol. The van der Waals surface area contributed by atoms with Gasteiger partial charge in [0.1, 0.15) is 18.1 Å². The van der Waals surface area contributed by atoms with Crippen LogP contribution in [0.3, 0.4) is 0 Å². The number of benzene rings is 1. The van der Waals surface area contributed by atoms with E-state index in [1.54, 1.807) is 6.07 Å². The monoisotopic (exact) mass is 245 g/mol. The van der Waals surface area contributed by atoms with E-state index in [4.69, 9.17) is 4.74 Å². The van der Waals surface area contributed by atoms with Gasteiger partial charge >= 0.3 is 0 Å². The molecule has 96 valence electrons. The summed E-state index contributed by atoms with van der Waals surface area (Å²) in [5.41, 5.74) is 1.47. The van der Waals surface area contributed by atoms with E-state index in [9.17, 15) is 5.11 Å². The van der Waals surface area contributed by atoms with E-state index in [0.29, 0.717) is 17.8 Å². The molecule has 2 heterocycles. The Morgan fingerprint density at radius 2 is 2.33 bits per heavy atom. The molecule has 0 amide bonds. The second-order valence-electron chi connectivity index (χ2n) is 6.08. The SMILES string of the molecule is CN1[C@H]2CCC[C@@]3(C2)c2cc(O)ccc2OC[C@H]13. The Hall–Kier alpha value is -1.22. The summed E-state index contributed by atoms with van der Waals surface area (Å²) < 4.78 is 5.91. The zero-order valence-electron chi connectivity index (χ0n) is 10.7. The molecular formula is C15H19NO2. The molecule has 3 nitrogen and oxygen atoms in total. The number of fused-ring (bicyclic) bond motifs is 2. The van der Waals surface area contributed by atoms with Gasteiger partial charge in [0, 0.05) is 17.0 Å². The normalized spacial score (nSPS) is 37.8. The van der Waals surface area contributed by atoms with Crippen LogP contribution in [0.25, 0.3) is 0 Å². The van der Waals surface area contributed by atoms with Crippen molar-refractivity contribution < 1.29 is 9.84 Å². The maximum Gasteiger partial charge on any atom is 0.123 e. The number of phenolic OH excluding ortho intramolecular Hbond substituents is 1. The van der Waals surface area contributed by atoms with E-state index in [-0.39, 0.29) is 5.41 Å². The van der Waals surface area contributed by atoms with E-state index >= 15 is 0 Å². The second-order valence-corrected chi connectivity index (χ2v) is 6.08. The molecule has 18 heavy (non-hydrogen) atoms. The Labute approximate surface area is 107 Å². The summed E-state index contributed by atoms with van der Waals surface area (Å²) in [6.45, 7) is 0.796. The molecule has 2 bridgehead atoms. The maximum atomic E-state index is 9.80. The molecule has 1 aliphatic carbocycles. The van der Waals surface area contributed by atoms with Gasteiger partial charge in [0.05, 0.1) is 6.04 Å². The fraction of sp³-hybridized carbons (Fsp3) is 0.600. The molecule has 1 aromatic rings. The van der Waals surface area contributed by atoms with Gasteiger partial charge < -0.3 is 9.84 Å². The number of rotatable bonds is 0. The minimum atomic E-state index is 0.226. The fourth-order valence-corrected chi connectivity index (χ4v) is 4.48. The van der Waals surface area contributed by atoms with Crippen LogP contribution in [0.2, 0.25) is 0 Å². The quantitative estimate of drug-likeness (QED) is 0.761. The predicted molar refractivity (Wildman–Crippen MR) is 69.1 cm³/mol. The summed E-state index contributed by atoms with van der Waals surface area (Å²) in [5.74, 6) is 1.35. The first-order valence-corrected chi connectivity index (χ1v) is 6.89. The molecule has 0 radical (unpaired) electrons. The van der Waals surface area contributed by atoms with Crippen molar-refractivity contribution in [3.05, 3.63) is 23.8 Å². The van der Waals surface area contributed by atoms with Crippen molar-refractivity contribution in [2.24, 2.45) is 0 Å². The van der Waals surface area contributed by atoms with E-state index < -0.39 is 0 Å². The zero-order valence-corrected chi connectivity index (χ0v) is 10.7. The molecule has 1 spiro atoms. The highest BCUT2D eigenvalue weighted by Crippen LogP contribution is 2.55. The first-order chi connectivity index (χ1) is 8.71. The second kappa shape index (κ2) is 3.41. The largest absolute Gasteiger partial charge is 0.508 e. The lowest BCUT2D eigenvalue weighted by Crippen LogP contribution is -2.47. The Balaban J connectivity index is 1.90. The van der Waals surface area contributed by atoms with E-state index in [1.165, 1.54) is 31.2 Å². The highest BCUT2D eigenvalue weighted by Gasteiger charge is 2.56. The Kier molecular flexibility index (Phi) is 2.03. The molecule has 2 aliphatic heterocycles. The fourth-order valence-electron chi connectivity index (χ4n) is 4.48. The smallest absolute Gasteiger partial charge is 0.123 e. The van der Waals surface area contributed by atoms with Gasteiger partial charge in [-0.2, -0.15) is 0 Å². The number of nitrogens with zero attached hydrogens (tertiary/aromatic N) is 1. The number of likely N-dealkylation sites (tertiary alicyclic amines) is 1. The number of ether oxygens (including phenoxy) is 1. The highest BCUT2D eigenvalue weighted by atomic mass is 16.5. The summed E-state index contributed by atoms with van der Waals surface area (Å²) >= 11 is 0. The van der Waals surface area contributed by atoms with Crippen molar-refractivity contribution in [1.82, 2.24) is 4.90 Å². The summed E-state index contributed by atoms with van der Waals surface area (Å²) in [4.78, 5) is 2.51. The molecule has 1 saturated carbocycles. The van der Waals surface area contributed by atoms with Crippen molar-refractivity contribution in [1.29, 1.82) is 0 Å². The molecule has 2 fully saturated rings. The number of hydrogen-bond donors (Lipinski definition) is 1. The van der Waals surface area contributed by atoms with Crippen LogP contribution in [-0.2, 0) is 5.41 Å². The summed E-state index contributed by atoms with van der Waals surface area (Å²) in [5, 5.41) is 9.80. The van der Waals surface area contributed by atoms with Gasteiger partial charge in [-0.25, -0.2) is 0 Å². The van der Waals surface area contributed by atoms with Gasteiger partial charge in [-0.15, -0.1) is 0 Å². The van der Waals surface area contributed by atoms with Crippen molar-refractivity contribution >= 4 is 0 Å². The summed E-state index contributed by atoms with van der Waals surface area (Å²) in [6, 6.07) is 6.77. The lowest BCUT2D eigenvalue weighted by Gasteiger charge is -2.42. The standard InChI is InChI=1S/C15H19NO2/c1-16-10-3-2-6-15(8-10)12-7-11(17)4-5-13(12)18-9-14(15)16/h4-5,7,10,14,17H,2-3,6,8-9H2,1H3/t10-,14-,15+/m0/s1. The molecule has 4 rings (SSSR count). The topological polar surface area (TPSA) is 32.7 Å². The first kappa shape index (κ1) is 10.7. The third-order valence-electron chi connectivity index (χ3n) is 5.36. The molecule has 1 saturated heterocycles. The number of phenols is 1. The molecule has 1 aromatic carbocycles. The third kappa shape index (κ3) is 1.18. The van der Waals surface area contributed by atoms with Crippen LogP contribution >= 0.6 is 0 Å². The van der Waals surface area contributed by atoms with E-state index in [1.807, 2.05) is 12.1 Å². The predicted octanol–water partition coefficient (Wildman–Crippen LogP) is 2.28. The van der Waals surface area contributed by atoms with Gasteiger partial charge in [-0.05, 0) is 44.5 Å². The Morgan fingerprint density at radius 1 is 1.44 bits per heavy atom. The number of likely N-dealkylation sites (N-methyl/N-ethyl adjacent to an activating group) is 1. The minimum Gasteiger partial charge on any atom is -0.508 e. The molecular weight excluding hydrogens is 226 g/mol. The van der Waals surface area contributed by atoms with Crippen LogP contribution in [0.4, 0.5) is 0 Å². The zero-order chi connectivity index (χ0) is 12.3. The van der Waals surface area contributed by atoms with Gasteiger partial charge in [-0.1, -0.05) is 6.42 Å². The molecule has 1 N–H and O–H groups in total. The van der Waals surface area contributed by atoms with Crippen LogP contribution in [-0.4, -0.2) is 35.7 Å². The lowest BCUT2D eigenvalue weighted by atomic mass is 9.66. The molecule has 3 heteroatoms. The van der Waals surface area contributed by atoms with E-state index in [0.717, 1.165) is 12.4 Å². The minimum absolute atomic E-state index is 0.226. The van der Waals surface area contributed by atoms with Crippen LogP contribution in [0.1, 0.15) is 31.2 Å². The molecule has 0 unspecified atom stereocenters. The molecule has 3 atom stereocenters. The van der Waals surface area contributed by atoms with E-state index in [2.05, 4.69) is 11.9 Å². The highest BCUT2D eigenvalue weighted by molar-refractivity contribution is 5.48. The van der Waals surface area contributed by atoms with Gasteiger partial charge in [0.15, 0.2) is 0 Å². The summed E-state index contributed by atoms with van der Waals surface area (Å²) in [6.07, 6.45) is 5.07. The van der Waals surface area contributed by atoms with Crippen LogP contribution < -0.4 is 4.74 Å². The first-order valence-electron chi connectivity index (χ1n) is 6.89. The van der Waals surface area contributed by atoms with Crippen molar-refractivity contribution in [3.8, 4) is 11.5 Å². The van der Waals surface area contributed by atoms with Gasteiger partial charge in [0.2, 0.25) is 0 Å². The Morgan fingerprint density at radius 3 is 3.22 bits per heavy atom. The average Bonchev–Trinajstić information content (AvgIpc) is 2.58. The molecule has 0 aromatic heterocycles. The third-order valence-corrected chi connectivity index (χ3v) is 5.36. The maximum absolute atomic E-state index is 9.80. The van der Waals surface area contributed by atoms with Gasteiger partial charge in [-0.3, -0.25) is 4.90 Å². The number of hydrogen-bond acceptors (Lipinski definition) is 3. The van der Waals surface area contributed by atoms with Crippen LogP contribution in [0.5, 0.6) is 11.5 Å². The van der Waals surface area contributed by atoms with Gasteiger partial charge in [0.25, 0.3) is 0 Å². The van der Waals surface area contributed by atoms with Crippen LogP contribution in [0, 0.1) is 0 Å². The summed E-state index contributed by atoms with van der Waals surface area (Å²) in [7, 11) is 2.24. The number of aromatic hydroxyl groups is 1.